The number of nitro benzene ring substituents is 1. The van der Waals surface area contributed by atoms with Crippen LogP contribution in [-0.4, -0.2) is 17.5 Å². The lowest BCUT2D eigenvalue weighted by Gasteiger charge is -2.15. The molecule has 110 valence electrons. The molecular weight excluding hydrogens is 258 g/mol. The summed E-state index contributed by atoms with van der Waals surface area (Å²) in [5.41, 5.74) is 0.815. The van der Waals surface area contributed by atoms with Crippen LogP contribution in [0, 0.1) is 10.1 Å². The molecule has 0 heterocycles. The van der Waals surface area contributed by atoms with E-state index in [0.29, 0.717) is 13.0 Å². The van der Waals surface area contributed by atoms with Crippen molar-refractivity contribution in [1.29, 1.82) is 0 Å². The zero-order valence-corrected chi connectivity index (χ0v) is 12.0. The largest absolute Gasteiger partial charge is 0.466 e. The quantitative estimate of drug-likeness (QED) is 0.314. The zero-order chi connectivity index (χ0) is 15.0. The van der Waals surface area contributed by atoms with E-state index < -0.39 is 4.92 Å². The summed E-state index contributed by atoms with van der Waals surface area (Å²) in [7, 11) is 0. The summed E-state index contributed by atoms with van der Waals surface area (Å²) < 4.78 is 5.09. The minimum Gasteiger partial charge on any atom is -0.466 e. The van der Waals surface area contributed by atoms with E-state index in [1.807, 2.05) is 0 Å². The van der Waals surface area contributed by atoms with Crippen molar-refractivity contribution in [3.05, 3.63) is 39.9 Å². The molecule has 0 aliphatic rings. The van der Waals surface area contributed by atoms with Crippen molar-refractivity contribution in [3.63, 3.8) is 0 Å². The first kappa shape index (κ1) is 16.1. The van der Waals surface area contributed by atoms with E-state index in [0.717, 1.165) is 24.8 Å². The molecule has 0 aliphatic heterocycles. The summed E-state index contributed by atoms with van der Waals surface area (Å²) in [5.74, 6) is -0.584. The molecule has 0 fully saturated rings. The molecule has 0 unspecified atom stereocenters. The summed E-state index contributed by atoms with van der Waals surface area (Å²) in [5, 5.41) is 10.6. The van der Waals surface area contributed by atoms with Crippen molar-refractivity contribution in [2.45, 2.75) is 45.4 Å². The molecule has 0 radical (unpaired) electrons. The van der Waals surface area contributed by atoms with Crippen molar-refractivity contribution < 1.29 is 14.5 Å². The van der Waals surface area contributed by atoms with Crippen LogP contribution >= 0.6 is 0 Å². The summed E-state index contributed by atoms with van der Waals surface area (Å²) >= 11 is 0. The van der Waals surface area contributed by atoms with E-state index in [1.54, 1.807) is 19.1 Å². The van der Waals surface area contributed by atoms with Crippen molar-refractivity contribution in [3.8, 4) is 0 Å². The van der Waals surface area contributed by atoms with Gasteiger partial charge in [-0.15, -0.1) is 0 Å². The van der Waals surface area contributed by atoms with Gasteiger partial charge in [-0.3, -0.25) is 14.9 Å². The standard InChI is InChI=1S/C15H21NO4/c1-3-5-6-7-14(15(17)20-4-2)12-8-10-13(11-9-12)16(18)19/h8-11,14H,3-7H2,1-2H3/t14-/m0/s1. The Labute approximate surface area is 119 Å². The number of non-ortho nitro benzene ring substituents is 1. The topological polar surface area (TPSA) is 69.4 Å². The molecule has 0 aliphatic carbocycles. The molecule has 0 aromatic heterocycles. The normalized spacial score (nSPS) is 11.9. The van der Waals surface area contributed by atoms with Gasteiger partial charge in [0.05, 0.1) is 17.4 Å². The molecular formula is C15H21NO4. The van der Waals surface area contributed by atoms with Gasteiger partial charge in [-0.1, -0.05) is 38.3 Å². The van der Waals surface area contributed by atoms with Crippen LogP contribution < -0.4 is 0 Å². The number of benzene rings is 1. The maximum absolute atomic E-state index is 12.0. The second-order valence-corrected chi connectivity index (χ2v) is 4.65. The summed E-state index contributed by atoms with van der Waals surface area (Å²) in [6.07, 6.45) is 3.79. The monoisotopic (exact) mass is 279 g/mol. The molecule has 1 rings (SSSR count). The Kier molecular flexibility index (Phi) is 6.70. The highest BCUT2D eigenvalue weighted by Gasteiger charge is 2.22. The molecule has 0 amide bonds. The van der Waals surface area contributed by atoms with Crippen LogP contribution in [0.15, 0.2) is 24.3 Å². The van der Waals surface area contributed by atoms with Crippen LogP contribution in [0.3, 0.4) is 0 Å². The second-order valence-electron chi connectivity index (χ2n) is 4.65. The number of ether oxygens (including phenoxy) is 1. The summed E-state index contributed by atoms with van der Waals surface area (Å²) in [6.45, 7) is 4.22. The molecule has 0 saturated heterocycles. The highest BCUT2D eigenvalue weighted by molar-refractivity contribution is 5.78. The predicted octanol–water partition coefficient (Wildman–Crippen LogP) is 3.82. The predicted molar refractivity (Wildman–Crippen MR) is 76.6 cm³/mol. The van der Waals surface area contributed by atoms with Gasteiger partial charge in [0.2, 0.25) is 0 Å². The van der Waals surface area contributed by atoms with Gasteiger partial charge in [-0.05, 0) is 18.9 Å². The average Bonchev–Trinajstić information content (AvgIpc) is 2.44. The maximum Gasteiger partial charge on any atom is 0.313 e. The van der Waals surface area contributed by atoms with E-state index >= 15 is 0 Å². The van der Waals surface area contributed by atoms with Crippen molar-refractivity contribution in [2.75, 3.05) is 6.61 Å². The third-order valence-corrected chi connectivity index (χ3v) is 3.17. The molecule has 0 saturated carbocycles. The van der Waals surface area contributed by atoms with Crippen LogP contribution in [0.25, 0.3) is 0 Å². The van der Waals surface area contributed by atoms with Crippen molar-refractivity contribution in [1.82, 2.24) is 0 Å². The first-order chi connectivity index (χ1) is 9.60. The zero-order valence-electron chi connectivity index (χ0n) is 12.0. The molecule has 20 heavy (non-hydrogen) atoms. The van der Waals surface area contributed by atoms with Gasteiger partial charge < -0.3 is 4.74 Å². The van der Waals surface area contributed by atoms with Crippen LogP contribution in [0.5, 0.6) is 0 Å². The number of esters is 1. The minimum absolute atomic E-state index is 0.0323. The molecule has 5 heteroatoms. The maximum atomic E-state index is 12.0. The Hall–Kier alpha value is -1.91. The number of hydrogen-bond donors (Lipinski definition) is 0. The average molecular weight is 279 g/mol. The van der Waals surface area contributed by atoms with Gasteiger partial charge in [0.1, 0.15) is 0 Å². The summed E-state index contributed by atoms with van der Waals surface area (Å²) in [4.78, 5) is 22.2. The van der Waals surface area contributed by atoms with Crippen LogP contribution in [-0.2, 0) is 9.53 Å². The van der Waals surface area contributed by atoms with Gasteiger partial charge in [0.15, 0.2) is 0 Å². The highest BCUT2D eigenvalue weighted by Crippen LogP contribution is 2.26. The number of carbonyl (C=O) groups is 1. The molecule has 0 N–H and O–H groups in total. The Morgan fingerprint density at radius 1 is 1.25 bits per heavy atom. The summed E-state index contributed by atoms with van der Waals surface area (Å²) in [6, 6.07) is 6.15. The molecule has 1 aromatic carbocycles. The SMILES string of the molecule is CCCCC[C@H](C(=O)OCC)c1ccc([N+](=O)[O-])cc1. The highest BCUT2D eigenvalue weighted by atomic mass is 16.6. The van der Waals surface area contributed by atoms with E-state index in [4.69, 9.17) is 4.74 Å². The fourth-order valence-electron chi connectivity index (χ4n) is 2.09. The molecule has 0 bridgehead atoms. The van der Waals surface area contributed by atoms with E-state index in [-0.39, 0.29) is 17.6 Å². The van der Waals surface area contributed by atoms with Gasteiger partial charge in [0.25, 0.3) is 5.69 Å². The molecule has 0 spiro atoms. The Morgan fingerprint density at radius 3 is 2.40 bits per heavy atom. The number of rotatable bonds is 8. The molecule has 1 aromatic rings. The first-order valence-corrected chi connectivity index (χ1v) is 7.01. The van der Waals surface area contributed by atoms with Crippen LogP contribution in [0.2, 0.25) is 0 Å². The van der Waals surface area contributed by atoms with Gasteiger partial charge in [-0.2, -0.15) is 0 Å². The third kappa shape index (κ3) is 4.64. The van der Waals surface area contributed by atoms with Gasteiger partial charge >= 0.3 is 5.97 Å². The number of nitro groups is 1. The fraction of sp³-hybridized carbons (Fsp3) is 0.533. The number of nitrogens with zero attached hydrogens (tertiary/aromatic N) is 1. The van der Waals surface area contributed by atoms with E-state index in [1.165, 1.54) is 12.1 Å². The Balaban J connectivity index is 2.85. The lowest BCUT2D eigenvalue weighted by Crippen LogP contribution is -2.16. The second kappa shape index (κ2) is 8.30. The van der Waals surface area contributed by atoms with Crippen molar-refractivity contribution >= 4 is 11.7 Å². The van der Waals surface area contributed by atoms with E-state index in [9.17, 15) is 14.9 Å². The van der Waals surface area contributed by atoms with Gasteiger partial charge in [-0.25, -0.2) is 0 Å². The minimum atomic E-state index is -0.444. The first-order valence-electron chi connectivity index (χ1n) is 7.01. The Bertz CT molecular complexity index is 442. The Morgan fingerprint density at radius 2 is 1.90 bits per heavy atom. The molecule has 5 nitrogen and oxygen atoms in total. The van der Waals surface area contributed by atoms with Crippen LogP contribution in [0.1, 0.15) is 51.0 Å². The third-order valence-electron chi connectivity index (χ3n) is 3.17. The lowest BCUT2D eigenvalue weighted by atomic mass is 9.93. The smallest absolute Gasteiger partial charge is 0.313 e. The fourth-order valence-corrected chi connectivity index (χ4v) is 2.09. The number of unbranched alkanes of at least 4 members (excludes halogenated alkanes) is 2. The van der Waals surface area contributed by atoms with Crippen LogP contribution in [0.4, 0.5) is 5.69 Å². The lowest BCUT2D eigenvalue weighted by molar-refractivity contribution is -0.384. The number of carbonyl (C=O) groups excluding carboxylic acids is 1. The van der Waals surface area contributed by atoms with Gasteiger partial charge in [0, 0.05) is 12.1 Å². The van der Waals surface area contributed by atoms with Crippen molar-refractivity contribution in [2.24, 2.45) is 0 Å². The molecule has 1 atom stereocenters. The van der Waals surface area contributed by atoms with E-state index in [2.05, 4.69) is 6.92 Å². The number of hydrogen-bond acceptors (Lipinski definition) is 4.